The van der Waals surface area contributed by atoms with Gasteiger partial charge in [-0.05, 0) is 42.4 Å². The molecule has 0 radical (unpaired) electrons. The molecule has 1 aromatic carbocycles. The smallest absolute Gasteiger partial charge is 0.302 e. The standard InChI is InChI=1S/C18H28N2O5S/c1-18(2,13-22)9-5-3-4-6-14-7-8-17(23)16(10-14)20-11-15(12-21)19-26(20,24)25/h7-8,10,12,15,19,22-23H,3-6,9,11,13H2,1-2H3. The first-order valence-electron chi connectivity index (χ1n) is 8.86. The minimum Gasteiger partial charge on any atom is -0.506 e. The average molecular weight is 384 g/mol. The molecule has 0 saturated carbocycles. The number of nitrogens with one attached hydrogen (secondary N) is 1. The number of aliphatic hydroxyl groups excluding tert-OH is 1. The molecule has 2 rings (SSSR count). The lowest BCUT2D eigenvalue weighted by molar-refractivity contribution is -0.108. The number of carbonyl (C=O) groups excluding carboxylic acids is 1. The summed E-state index contributed by atoms with van der Waals surface area (Å²) in [5.74, 6) is -0.129. The van der Waals surface area contributed by atoms with E-state index >= 15 is 0 Å². The van der Waals surface area contributed by atoms with Crippen LogP contribution in [0.25, 0.3) is 0 Å². The van der Waals surface area contributed by atoms with Crippen molar-refractivity contribution >= 4 is 22.2 Å². The zero-order valence-electron chi connectivity index (χ0n) is 15.3. The van der Waals surface area contributed by atoms with Gasteiger partial charge in [-0.2, -0.15) is 13.1 Å². The molecular formula is C18H28N2O5S. The Morgan fingerprint density at radius 3 is 2.65 bits per heavy atom. The van der Waals surface area contributed by atoms with Crippen LogP contribution in [0.15, 0.2) is 18.2 Å². The molecule has 1 aliphatic heterocycles. The number of unbranched alkanes of at least 4 members (excludes halogenated alkanes) is 2. The van der Waals surface area contributed by atoms with Gasteiger partial charge in [-0.3, -0.25) is 4.31 Å². The highest BCUT2D eigenvalue weighted by atomic mass is 32.2. The van der Waals surface area contributed by atoms with Crippen molar-refractivity contribution in [2.24, 2.45) is 5.41 Å². The maximum Gasteiger partial charge on any atom is 0.302 e. The fourth-order valence-corrected chi connectivity index (χ4v) is 4.38. The lowest BCUT2D eigenvalue weighted by atomic mass is 9.88. The number of hydrogen-bond donors (Lipinski definition) is 3. The highest BCUT2D eigenvalue weighted by Gasteiger charge is 2.36. The third-order valence-corrected chi connectivity index (χ3v) is 6.20. The number of hydrogen-bond acceptors (Lipinski definition) is 5. The van der Waals surface area contributed by atoms with E-state index < -0.39 is 16.3 Å². The summed E-state index contributed by atoms with van der Waals surface area (Å²) >= 11 is 0. The van der Waals surface area contributed by atoms with E-state index in [4.69, 9.17) is 0 Å². The average Bonchev–Trinajstić information content (AvgIpc) is 2.90. The zero-order chi connectivity index (χ0) is 19.4. The van der Waals surface area contributed by atoms with Gasteiger partial charge < -0.3 is 15.0 Å². The van der Waals surface area contributed by atoms with Crippen LogP contribution < -0.4 is 9.03 Å². The van der Waals surface area contributed by atoms with Crippen molar-refractivity contribution in [3.05, 3.63) is 23.8 Å². The van der Waals surface area contributed by atoms with Gasteiger partial charge in [-0.15, -0.1) is 0 Å². The Kier molecular flexibility index (Phi) is 6.65. The summed E-state index contributed by atoms with van der Waals surface area (Å²) in [5, 5.41) is 19.3. The number of phenols is 1. The first-order valence-corrected chi connectivity index (χ1v) is 10.3. The highest BCUT2D eigenvalue weighted by molar-refractivity contribution is 7.91. The lowest BCUT2D eigenvalue weighted by Crippen LogP contribution is -2.30. The van der Waals surface area contributed by atoms with Crippen LogP contribution in [0.1, 0.15) is 45.1 Å². The summed E-state index contributed by atoms with van der Waals surface area (Å²) in [6.45, 7) is 4.22. The molecule has 146 valence electrons. The molecular weight excluding hydrogens is 356 g/mol. The van der Waals surface area contributed by atoms with E-state index in [9.17, 15) is 23.4 Å². The number of aromatic hydroxyl groups is 1. The van der Waals surface area contributed by atoms with Crippen molar-refractivity contribution in [3.8, 4) is 5.75 Å². The molecule has 1 aliphatic rings. The van der Waals surface area contributed by atoms with E-state index in [1.807, 2.05) is 13.8 Å². The second-order valence-corrected chi connectivity index (χ2v) is 9.23. The number of carbonyl (C=O) groups is 1. The summed E-state index contributed by atoms with van der Waals surface area (Å²) < 4.78 is 27.6. The molecule has 1 saturated heterocycles. The van der Waals surface area contributed by atoms with Crippen LogP contribution in [0.3, 0.4) is 0 Å². The molecule has 0 amide bonds. The Morgan fingerprint density at radius 2 is 2.04 bits per heavy atom. The minimum atomic E-state index is -3.82. The summed E-state index contributed by atoms with van der Waals surface area (Å²) in [6.07, 6.45) is 5.24. The van der Waals surface area contributed by atoms with E-state index in [2.05, 4.69) is 4.72 Å². The molecule has 7 nitrogen and oxygen atoms in total. The fourth-order valence-electron chi connectivity index (χ4n) is 2.98. The second kappa shape index (κ2) is 8.37. The maximum absolute atomic E-state index is 12.1. The Bertz CT molecular complexity index is 733. The van der Waals surface area contributed by atoms with Crippen LogP contribution >= 0.6 is 0 Å². The monoisotopic (exact) mass is 384 g/mol. The third-order valence-electron chi connectivity index (χ3n) is 4.67. The van der Waals surface area contributed by atoms with Gasteiger partial charge in [0.2, 0.25) is 0 Å². The first-order chi connectivity index (χ1) is 12.2. The second-order valence-electron chi connectivity index (χ2n) is 7.60. The Balaban J connectivity index is 1.98. The van der Waals surface area contributed by atoms with Crippen molar-refractivity contribution in [1.82, 2.24) is 4.72 Å². The van der Waals surface area contributed by atoms with Gasteiger partial charge in [0.1, 0.15) is 12.0 Å². The Hall–Kier alpha value is -1.64. The van der Waals surface area contributed by atoms with Gasteiger partial charge in [-0.25, -0.2) is 0 Å². The van der Waals surface area contributed by atoms with Gasteiger partial charge in [0, 0.05) is 6.61 Å². The predicted molar refractivity (Wildman–Crippen MR) is 100 cm³/mol. The number of benzene rings is 1. The maximum atomic E-state index is 12.1. The van der Waals surface area contributed by atoms with Crippen molar-refractivity contribution < 1.29 is 23.4 Å². The topological polar surface area (TPSA) is 107 Å². The Morgan fingerprint density at radius 1 is 1.31 bits per heavy atom. The number of aldehydes is 1. The molecule has 0 aliphatic carbocycles. The number of aliphatic hydroxyl groups is 1. The van der Waals surface area contributed by atoms with Gasteiger partial charge >= 0.3 is 10.2 Å². The number of nitrogens with zero attached hydrogens (tertiary/aromatic N) is 1. The lowest BCUT2D eigenvalue weighted by Gasteiger charge is -2.21. The first kappa shape index (κ1) is 20.7. The van der Waals surface area contributed by atoms with E-state index in [1.54, 1.807) is 12.1 Å². The fraction of sp³-hybridized carbons (Fsp3) is 0.611. The Labute approximate surface area is 155 Å². The van der Waals surface area contributed by atoms with Crippen molar-refractivity contribution in [2.75, 3.05) is 17.5 Å². The molecule has 3 N–H and O–H groups in total. The van der Waals surface area contributed by atoms with Gasteiger partial charge in [0.05, 0.1) is 18.3 Å². The highest BCUT2D eigenvalue weighted by Crippen LogP contribution is 2.32. The number of aryl methyl sites for hydroxylation is 1. The van der Waals surface area contributed by atoms with Crippen molar-refractivity contribution in [3.63, 3.8) is 0 Å². The summed E-state index contributed by atoms with van der Waals surface area (Å²) in [7, 11) is -3.82. The molecule has 1 aromatic rings. The molecule has 8 heteroatoms. The van der Waals surface area contributed by atoms with Crippen LogP contribution in [-0.2, 0) is 21.4 Å². The third kappa shape index (κ3) is 5.18. The van der Waals surface area contributed by atoms with Gasteiger partial charge in [0.15, 0.2) is 0 Å². The van der Waals surface area contributed by atoms with Gasteiger partial charge in [-0.1, -0.05) is 32.8 Å². The van der Waals surface area contributed by atoms with E-state index in [0.29, 0.717) is 6.29 Å². The molecule has 1 fully saturated rings. The van der Waals surface area contributed by atoms with E-state index in [1.165, 1.54) is 6.07 Å². The number of anilines is 1. The molecule has 1 unspecified atom stereocenters. The minimum absolute atomic E-state index is 0.0287. The zero-order valence-corrected chi connectivity index (χ0v) is 16.1. The largest absolute Gasteiger partial charge is 0.506 e. The van der Waals surface area contributed by atoms with Crippen LogP contribution in [0.2, 0.25) is 0 Å². The normalized spacial score (nSPS) is 19.7. The van der Waals surface area contributed by atoms with Crippen molar-refractivity contribution in [2.45, 2.75) is 52.0 Å². The van der Waals surface area contributed by atoms with E-state index in [-0.39, 0.29) is 30.0 Å². The molecule has 0 aromatic heterocycles. The summed E-state index contributed by atoms with van der Waals surface area (Å²) in [5.41, 5.74) is 1.07. The molecule has 0 spiro atoms. The number of rotatable bonds is 9. The molecule has 1 atom stereocenters. The quantitative estimate of drug-likeness (QED) is 0.444. The summed E-state index contributed by atoms with van der Waals surface area (Å²) in [6, 6.07) is 4.13. The number of phenolic OH excluding ortho intramolecular Hbond substituents is 1. The predicted octanol–water partition coefficient (Wildman–Crippen LogP) is 1.74. The molecule has 26 heavy (non-hydrogen) atoms. The summed E-state index contributed by atoms with van der Waals surface area (Å²) in [4.78, 5) is 10.9. The van der Waals surface area contributed by atoms with Crippen LogP contribution in [0, 0.1) is 5.41 Å². The molecule has 1 heterocycles. The molecule has 0 bridgehead atoms. The SMILES string of the molecule is CC(C)(CO)CCCCCc1ccc(O)c(N2CC(C=O)NS2(=O)=O)c1. The van der Waals surface area contributed by atoms with Crippen molar-refractivity contribution in [1.29, 1.82) is 0 Å². The van der Waals surface area contributed by atoms with E-state index in [0.717, 1.165) is 42.0 Å². The van der Waals surface area contributed by atoms with Crippen LogP contribution in [-0.4, -0.2) is 44.1 Å². The van der Waals surface area contributed by atoms with Crippen LogP contribution in [0.4, 0.5) is 5.69 Å². The van der Waals surface area contributed by atoms with Gasteiger partial charge in [0.25, 0.3) is 0 Å². The van der Waals surface area contributed by atoms with Crippen LogP contribution in [0.5, 0.6) is 5.75 Å².